The Morgan fingerprint density at radius 1 is 1.08 bits per heavy atom. The molecule has 2 aromatic carbocycles. The zero-order valence-electron chi connectivity index (χ0n) is 13.5. The van der Waals surface area contributed by atoms with E-state index in [0.717, 1.165) is 5.69 Å². The molecule has 0 aliphatic rings. The van der Waals surface area contributed by atoms with Gasteiger partial charge in [-0.05, 0) is 43.4 Å². The predicted molar refractivity (Wildman–Crippen MR) is 107 cm³/mol. The van der Waals surface area contributed by atoms with Gasteiger partial charge in [0.1, 0.15) is 17.0 Å². The molecule has 0 bridgehead atoms. The number of hydrogen-bond acceptors (Lipinski definition) is 4. The zero-order valence-corrected chi connectivity index (χ0v) is 15.9. The van der Waals surface area contributed by atoms with Crippen LogP contribution in [0.15, 0.2) is 53.1 Å². The Labute approximate surface area is 165 Å². The number of nitrogens with zero attached hydrogens (tertiary/aromatic N) is 1. The lowest BCUT2D eigenvalue weighted by Crippen LogP contribution is -2.34. The van der Waals surface area contributed by atoms with E-state index in [4.69, 9.17) is 39.9 Å². The number of para-hydroxylation sites is 1. The molecule has 0 aliphatic carbocycles. The molecule has 0 unspecified atom stereocenters. The second kappa shape index (κ2) is 7.86. The summed E-state index contributed by atoms with van der Waals surface area (Å²) in [5.41, 5.74) is 1.67. The van der Waals surface area contributed by atoms with Crippen LogP contribution in [0.3, 0.4) is 0 Å². The van der Waals surface area contributed by atoms with Crippen molar-refractivity contribution in [1.29, 1.82) is 0 Å². The molecule has 0 spiro atoms. The number of carbonyl (C=O) groups is 1. The lowest BCUT2D eigenvalue weighted by molar-refractivity contribution is 0.0977. The largest absolute Gasteiger partial charge is 0.360 e. The number of hydrogen-bond donors (Lipinski definition) is 2. The fourth-order valence-corrected chi connectivity index (χ4v) is 3.17. The van der Waals surface area contributed by atoms with E-state index in [0.29, 0.717) is 21.4 Å². The second-order valence-corrected chi connectivity index (χ2v) is 6.56. The van der Waals surface area contributed by atoms with Gasteiger partial charge >= 0.3 is 0 Å². The van der Waals surface area contributed by atoms with Crippen LogP contribution in [0.5, 0.6) is 0 Å². The molecule has 3 rings (SSSR count). The van der Waals surface area contributed by atoms with Gasteiger partial charge in [0.25, 0.3) is 5.91 Å². The van der Waals surface area contributed by atoms with Crippen LogP contribution < -0.4 is 10.6 Å². The van der Waals surface area contributed by atoms with Crippen molar-refractivity contribution in [3.63, 3.8) is 0 Å². The first-order valence-electron chi connectivity index (χ1n) is 7.55. The Balaban J connectivity index is 1.87. The van der Waals surface area contributed by atoms with E-state index in [1.165, 1.54) is 0 Å². The molecule has 0 aliphatic heterocycles. The van der Waals surface area contributed by atoms with Crippen molar-refractivity contribution in [3.05, 3.63) is 69.9 Å². The highest BCUT2D eigenvalue weighted by molar-refractivity contribution is 7.80. The summed E-state index contributed by atoms with van der Waals surface area (Å²) in [5, 5.41) is 10.4. The van der Waals surface area contributed by atoms with Crippen LogP contribution in [0.4, 0.5) is 5.69 Å². The molecule has 1 heterocycles. The van der Waals surface area contributed by atoms with Crippen LogP contribution in [0.1, 0.15) is 16.1 Å². The van der Waals surface area contributed by atoms with Crippen molar-refractivity contribution in [3.8, 4) is 11.3 Å². The summed E-state index contributed by atoms with van der Waals surface area (Å²) in [6.45, 7) is 1.63. The predicted octanol–water partition coefficient (Wildman–Crippen LogP) is 5.08. The molecule has 1 aromatic heterocycles. The maximum absolute atomic E-state index is 12.7. The van der Waals surface area contributed by atoms with Crippen molar-refractivity contribution in [2.24, 2.45) is 0 Å². The summed E-state index contributed by atoms with van der Waals surface area (Å²) in [4.78, 5) is 12.7. The average molecular weight is 406 g/mol. The Kier molecular flexibility index (Phi) is 5.56. The van der Waals surface area contributed by atoms with Gasteiger partial charge in [-0.1, -0.05) is 52.6 Å². The summed E-state index contributed by atoms with van der Waals surface area (Å²) in [6.07, 6.45) is 0. The van der Waals surface area contributed by atoms with Gasteiger partial charge in [0.05, 0.1) is 10.0 Å². The fourth-order valence-electron chi connectivity index (χ4n) is 2.38. The van der Waals surface area contributed by atoms with Gasteiger partial charge in [-0.25, -0.2) is 0 Å². The lowest BCUT2D eigenvalue weighted by Gasteiger charge is -2.10. The van der Waals surface area contributed by atoms with Gasteiger partial charge in [0.2, 0.25) is 0 Å². The highest BCUT2D eigenvalue weighted by atomic mass is 35.5. The van der Waals surface area contributed by atoms with Gasteiger partial charge in [0.15, 0.2) is 5.11 Å². The quantitative estimate of drug-likeness (QED) is 0.594. The summed E-state index contributed by atoms with van der Waals surface area (Å²) >= 11 is 17.6. The van der Waals surface area contributed by atoms with Gasteiger partial charge in [0, 0.05) is 11.3 Å². The van der Waals surface area contributed by atoms with E-state index >= 15 is 0 Å². The second-order valence-electron chi connectivity index (χ2n) is 5.33. The van der Waals surface area contributed by atoms with E-state index in [1.807, 2.05) is 30.3 Å². The average Bonchev–Trinajstić information content (AvgIpc) is 2.97. The molecule has 3 aromatic rings. The van der Waals surface area contributed by atoms with Crippen LogP contribution in [0, 0.1) is 6.92 Å². The standard InChI is InChI=1S/C18H13Cl2N3O2S/c1-10-14(16(23-25-10)15-12(19)8-5-9-13(15)20)17(24)22-18(26)21-11-6-3-2-4-7-11/h2-9H,1H3,(H2,21,22,24,26). The number of rotatable bonds is 3. The minimum atomic E-state index is -0.469. The monoisotopic (exact) mass is 405 g/mol. The number of amides is 1. The highest BCUT2D eigenvalue weighted by Gasteiger charge is 2.25. The number of thiocarbonyl (C=S) groups is 1. The van der Waals surface area contributed by atoms with E-state index in [-0.39, 0.29) is 16.4 Å². The van der Waals surface area contributed by atoms with Crippen molar-refractivity contribution in [2.75, 3.05) is 5.32 Å². The third kappa shape index (κ3) is 3.88. The minimum absolute atomic E-state index is 0.151. The first-order chi connectivity index (χ1) is 12.5. The molecule has 26 heavy (non-hydrogen) atoms. The van der Waals surface area contributed by atoms with Gasteiger partial charge in [-0.15, -0.1) is 0 Å². The Bertz CT molecular complexity index is 954. The number of anilines is 1. The smallest absolute Gasteiger partial charge is 0.263 e. The third-order valence-electron chi connectivity index (χ3n) is 3.55. The normalized spacial score (nSPS) is 10.4. The number of halogens is 2. The number of aromatic nitrogens is 1. The molecule has 0 saturated heterocycles. The lowest BCUT2D eigenvalue weighted by atomic mass is 10.1. The molecular formula is C18H13Cl2N3O2S. The molecule has 2 N–H and O–H groups in total. The van der Waals surface area contributed by atoms with E-state index in [9.17, 15) is 4.79 Å². The van der Waals surface area contributed by atoms with Crippen molar-refractivity contribution in [2.45, 2.75) is 6.92 Å². The summed E-state index contributed by atoms with van der Waals surface area (Å²) in [5.74, 6) is -0.140. The molecular weight excluding hydrogens is 393 g/mol. The van der Waals surface area contributed by atoms with Crippen molar-refractivity contribution in [1.82, 2.24) is 10.5 Å². The zero-order chi connectivity index (χ0) is 18.7. The maximum atomic E-state index is 12.7. The SMILES string of the molecule is Cc1onc(-c2c(Cl)cccc2Cl)c1C(=O)NC(=S)Nc1ccccc1. The van der Waals surface area contributed by atoms with Gasteiger partial charge in [-0.2, -0.15) is 0 Å². The molecule has 1 amide bonds. The van der Waals surface area contributed by atoms with Crippen molar-refractivity contribution < 1.29 is 9.32 Å². The van der Waals surface area contributed by atoms with Crippen molar-refractivity contribution >= 4 is 52.1 Å². The molecule has 0 fully saturated rings. The summed E-state index contributed by atoms with van der Waals surface area (Å²) in [6, 6.07) is 14.3. The number of carbonyl (C=O) groups excluding carboxylic acids is 1. The van der Waals surface area contributed by atoms with Crippen LogP contribution in [0.2, 0.25) is 10.0 Å². The fraction of sp³-hybridized carbons (Fsp3) is 0.0556. The summed E-state index contributed by atoms with van der Waals surface area (Å²) < 4.78 is 5.19. The molecule has 132 valence electrons. The van der Waals surface area contributed by atoms with Crippen LogP contribution in [0.25, 0.3) is 11.3 Å². The highest BCUT2D eigenvalue weighted by Crippen LogP contribution is 2.36. The molecule has 0 radical (unpaired) electrons. The topological polar surface area (TPSA) is 67.2 Å². The van der Waals surface area contributed by atoms with Crippen LogP contribution in [-0.4, -0.2) is 16.2 Å². The third-order valence-corrected chi connectivity index (χ3v) is 4.38. The molecule has 8 heteroatoms. The first kappa shape index (κ1) is 18.4. The molecule has 0 saturated carbocycles. The van der Waals surface area contributed by atoms with E-state index < -0.39 is 5.91 Å². The van der Waals surface area contributed by atoms with E-state index in [1.54, 1.807) is 25.1 Å². The van der Waals surface area contributed by atoms with Crippen LogP contribution >= 0.6 is 35.4 Å². The Hall–Kier alpha value is -2.41. The molecule has 5 nitrogen and oxygen atoms in total. The number of aryl methyl sites for hydroxylation is 1. The minimum Gasteiger partial charge on any atom is -0.360 e. The number of benzene rings is 2. The van der Waals surface area contributed by atoms with E-state index in [2.05, 4.69) is 15.8 Å². The molecule has 0 atom stereocenters. The summed E-state index contributed by atoms with van der Waals surface area (Å²) in [7, 11) is 0. The first-order valence-corrected chi connectivity index (χ1v) is 8.72. The maximum Gasteiger partial charge on any atom is 0.263 e. The van der Waals surface area contributed by atoms with Gasteiger partial charge < -0.3 is 9.84 Å². The number of nitrogens with one attached hydrogen (secondary N) is 2. The Morgan fingerprint density at radius 2 is 1.73 bits per heavy atom. The Morgan fingerprint density at radius 3 is 2.38 bits per heavy atom. The van der Waals surface area contributed by atoms with Gasteiger partial charge in [-0.3, -0.25) is 10.1 Å². The van der Waals surface area contributed by atoms with Crippen LogP contribution in [-0.2, 0) is 0 Å².